The van der Waals surface area contributed by atoms with E-state index in [4.69, 9.17) is 21.8 Å². The van der Waals surface area contributed by atoms with Crippen molar-refractivity contribution in [1.82, 2.24) is 9.88 Å². The van der Waals surface area contributed by atoms with Crippen molar-refractivity contribution in [3.63, 3.8) is 0 Å². The minimum Gasteiger partial charge on any atom is -0.459 e. The lowest BCUT2D eigenvalue weighted by atomic mass is 10.1. The Labute approximate surface area is 152 Å². The number of nitrogen functional groups attached to an aromatic ring is 1. The fourth-order valence-corrected chi connectivity index (χ4v) is 3.56. The van der Waals surface area contributed by atoms with Crippen molar-refractivity contribution in [2.24, 2.45) is 0 Å². The molecule has 0 radical (unpaired) electrons. The summed E-state index contributed by atoms with van der Waals surface area (Å²) in [6.07, 6.45) is 0.670. The molecule has 1 aliphatic heterocycles. The van der Waals surface area contributed by atoms with E-state index in [1.54, 1.807) is 12.1 Å². The number of halogens is 1. The third-order valence-corrected chi connectivity index (χ3v) is 4.82. The maximum atomic E-state index is 12.7. The number of benzene rings is 1. The molecule has 2 aromatic heterocycles. The molecule has 4 rings (SSSR count). The summed E-state index contributed by atoms with van der Waals surface area (Å²) in [6.45, 7) is 3.86. The van der Waals surface area contributed by atoms with Crippen LogP contribution in [-0.4, -0.2) is 16.4 Å². The minimum absolute atomic E-state index is 0.0262. The van der Waals surface area contributed by atoms with E-state index in [1.165, 1.54) is 0 Å². The van der Waals surface area contributed by atoms with Gasteiger partial charge in [-0.15, -0.1) is 0 Å². The van der Waals surface area contributed by atoms with Gasteiger partial charge in [0.25, 0.3) is 17.4 Å². The average molecular weight is 372 g/mol. The van der Waals surface area contributed by atoms with Crippen LogP contribution < -0.4 is 16.6 Å². The molecule has 0 atom stereocenters. The Morgan fingerprint density at radius 3 is 2.62 bits per heavy atom. The van der Waals surface area contributed by atoms with Crippen molar-refractivity contribution in [3.05, 3.63) is 56.0 Å². The molecular weight excluding hydrogens is 358 g/mol. The van der Waals surface area contributed by atoms with E-state index in [9.17, 15) is 14.4 Å². The molecule has 8 heteroatoms. The molecule has 1 aromatic carbocycles. The van der Waals surface area contributed by atoms with Gasteiger partial charge in [-0.1, -0.05) is 18.5 Å². The Kier molecular flexibility index (Phi) is 3.45. The summed E-state index contributed by atoms with van der Waals surface area (Å²) in [5.41, 5.74) is 7.19. The molecule has 3 N–H and O–H groups in total. The Bertz CT molecular complexity index is 1190. The molecule has 0 saturated carbocycles. The number of anilines is 1. The van der Waals surface area contributed by atoms with Crippen molar-refractivity contribution >= 4 is 40.2 Å². The highest BCUT2D eigenvalue weighted by Gasteiger charge is 2.32. The summed E-state index contributed by atoms with van der Waals surface area (Å²) in [7, 11) is 0. The van der Waals surface area contributed by atoms with Crippen LogP contribution in [0.25, 0.3) is 16.7 Å². The van der Waals surface area contributed by atoms with Crippen molar-refractivity contribution in [2.45, 2.75) is 20.3 Å². The topological polar surface area (TPSA) is 107 Å². The first-order chi connectivity index (χ1) is 12.3. The molecule has 1 aliphatic rings. The zero-order valence-electron chi connectivity index (χ0n) is 14.0. The number of fused-ring (bicyclic) bond motifs is 2. The van der Waals surface area contributed by atoms with E-state index in [0.717, 1.165) is 27.3 Å². The van der Waals surface area contributed by atoms with Gasteiger partial charge in [0.2, 0.25) is 0 Å². The van der Waals surface area contributed by atoms with Crippen LogP contribution in [0.3, 0.4) is 0 Å². The Balaban J connectivity index is 2.12. The molecule has 0 saturated heterocycles. The lowest BCUT2D eigenvalue weighted by molar-refractivity contribution is 0.0880. The Morgan fingerprint density at radius 1 is 1.19 bits per heavy atom. The second kappa shape index (κ2) is 5.47. The number of amides is 2. The lowest BCUT2D eigenvalue weighted by Crippen LogP contribution is -2.24. The number of nitrogens with two attached hydrogens (primary N) is 1. The molecule has 0 spiro atoms. The quantitative estimate of drug-likeness (QED) is 0.673. The normalized spacial score (nSPS) is 13.3. The molecule has 3 aromatic rings. The number of nitrogens with zero attached hydrogens (tertiary/aromatic N) is 1. The first-order valence-electron chi connectivity index (χ1n) is 7.96. The zero-order chi connectivity index (χ0) is 18.7. The van der Waals surface area contributed by atoms with Crippen molar-refractivity contribution in [1.29, 1.82) is 0 Å². The summed E-state index contributed by atoms with van der Waals surface area (Å²) in [6, 6.07) is 4.39. The van der Waals surface area contributed by atoms with Crippen LogP contribution in [-0.2, 0) is 6.42 Å². The van der Waals surface area contributed by atoms with E-state index >= 15 is 0 Å². The smallest absolute Gasteiger partial charge is 0.262 e. The summed E-state index contributed by atoms with van der Waals surface area (Å²) in [5, 5.41) is 3.30. The largest absolute Gasteiger partial charge is 0.459 e. The minimum atomic E-state index is -0.640. The summed E-state index contributed by atoms with van der Waals surface area (Å²) < 4.78 is 7.07. The number of hydrogen-bond donors (Lipinski definition) is 2. The number of rotatable bonds is 2. The van der Waals surface area contributed by atoms with E-state index in [2.05, 4.69) is 5.32 Å². The summed E-state index contributed by atoms with van der Waals surface area (Å²) in [5.74, 6) is -0.644. The van der Waals surface area contributed by atoms with E-state index in [-0.39, 0.29) is 16.9 Å². The molecule has 0 aliphatic carbocycles. The molecule has 0 unspecified atom stereocenters. The third kappa shape index (κ3) is 2.10. The van der Waals surface area contributed by atoms with Crippen LogP contribution in [0.5, 0.6) is 0 Å². The number of aromatic nitrogens is 1. The van der Waals surface area contributed by atoms with Gasteiger partial charge in [-0.2, -0.15) is 0 Å². The molecule has 0 bridgehead atoms. The number of hydrogen-bond acceptors (Lipinski definition) is 5. The number of carbonyl (C=O) groups is 2. The van der Waals surface area contributed by atoms with Gasteiger partial charge in [0.1, 0.15) is 11.6 Å². The van der Waals surface area contributed by atoms with Crippen LogP contribution in [0.15, 0.2) is 27.4 Å². The Morgan fingerprint density at radius 2 is 1.92 bits per heavy atom. The second-order valence-electron chi connectivity index (χ2n) is 6.08. The van der Waals surface area contributed by atoms with Crippen molar-refractivity contribution in [2.75, 3.05) is 5.73 Å². The average Bonchev–Trinajstić information content (AvgIpc) is 3.04. The predicted octanol–water partition coefficient (Wildman–Crippen LogP) is 2.57. The zero-order valence-corrected chi connectivity index (χ0v) is 14.7. The monoisotopic (exact) mass is 371 g/mol. The molecule has 26 heavy (non-hydrogen) atoms. The third-order valence-electron chi connectivity index (χ3n) is 4.60. The Hall–Kier alpha value is -3.06. The van der Waals surface area contributed by atoms with Crippen LogP contribution in [0, 0.1) is 6.92 Å². The molecule has 7 nitrogen and oxygen atoms in total. The van der Waals surface area contributed by atoms with Gasteiger partial charge in [-0.25, -0.2) is 0 Å². The maximum Gasteiger partial charge on any atom is 0.262 e. The molecule has 3 heterocycles. The maximum absolute atomic E-state index is 12.7. The number of aryl methyl sites for hydroxylation is 2. The molecule has 2 amide bonds. The number of pyridine rings is 1. The number of nitrogens with one attached hydrogen (secondary N) is 1. The fourth-order valence-electron chi connectivity index (χ4n) is 3.35. The summed E-state index contributed by atoms with van der Waals surface area (Å²) >= 11 is 6.24. The van der Waals surface area contributed by atoms with Gasteiger partial charge in [-0.3, -0.25) is 24.3 Å². The first kappa shape index (κ1) is 16.4. The van der Waals surface area contributed by atoms with Crippen molar-refractivity contribution in [3.8, 4) is 5.69 Å². The van der Waals surface area contributed by atoms with Gasteiger partial charge in [-0.05, 0) is 24.6 Å². The van der Waals surface area contributed by atoms with Gasteiger partial charge >= 0.3 is 0 Å². The van der Waals surface area contributed by atoms with E-state index < -0.39 is 17.4 Å². The van der Waals surface area contributed by atoms with Gasteiger partial charge in [0, 0.05) is 22.9 Å². The number of furan rings is 1. The molecule has 0 fully saturated rings. The SMILES string of the molecule is CCc1oc2c(-n3c(N)c4c(cc3=O)C(=O)NC4=O)cc(Cl)cc2c1C. The predicted molar refractivity (Wildman–Crippen MR) is 97.1 cm³/mol. The van der Waals surface area contributed by atoms with Crippen LogP contribution in [0.2, 0.25) is 5.02 Å². The van der Waals surface area contributed by atoms with E-state index in [1.807, 2.05) is 13.8 Å². The highest BCUT2D eigenvalue weighted by Crippen LogP contribution is 2.34. The number of imide groups is 1. The summed E-state index contributed by atoms with van der Waals surface area (Å²) in [4.78, 5) is 36.5. The van der Waals surface area contributed by atoms with Gasteiger partial charge in [0.05, 0.1) is 16.8 Å². The highest BCUT2D eigenvalue weighted by atomic mass is 35.5. The fraction of sp³-hybridized carbons (Fsp3) is 0.167. The van der Waals surface area contributed by atoms with Crippen LogP contribution in [0.4, 0.5) is 5.82 Å². The first-order valence-corrected chi connectivity index (χ1v) is 8.34. The second-order valence-corrected chi connectivity index (χ2v) is 6.52. The lowest BCUT2D eigenvalue weighted by Gasteiger charge is -2.12. The van der Waals surface area contributed by atoms with Crippen molar-refractivity contribution < 1.29 is 14.0 Å². The van der Waals surface area contributed by atoms with Gasteiger partial charge in [0.15, 0.2) is 5.58 Å². The van der Waals surface area contributed by atoms with Crippen LogP contribution in [0.1, 0.15) is 39.0 Å². The number of carbonyl (C=O) groups excluding carboxylic acids is 2. The molecular formula is C18H14ClN3O4. The standard InChI is InChI=1S/C18H14ClN3O4/c1-3-12-7(2)9-4-8(19)5-11(15(9)26-12)22-13(23)6-10-14(16(22)20)18(25)21-17(10)24/h4-6H,3,20H2,1-2H3,(H,21,24,25). The van der Waals surface area contributed by atoms with Crippen LogP contribution >= 0.6 is 11.6 Å². The van der Waals surface area contributed by atoms with Gasteiger partial charge < -0.3 is 10.2 Å². The highest BCUT2D eigenvalue weighted by molar-refractivity contribution is 6.31. The van der Waals surface area contributed by atoms with E-state index in [0.29, 0.717) is 22.7 Å². The molecule has 132 valence electrons.